The summed E-state index contributed by atoms with van der Waals surface area (Å²) < 4.78 is 0. The third-order valence-corrected chi connectivity index (χ3v) is 23.4. The summed E-state index contributed by atoms with van der Waals surface area (Å²) in [6.45, 7) is 27.4. The lowest BCUT2D eigenvalue weighted by Gasteiger charge is -2.40. The Hall–Kier alpha value is -6.92. The van der Waals surface area contributed by atoms with Gasteiger partial charge in [-0.2, -0.15) is 0 Å². The number of rotatable bonds is 0. The molecule has 6 nitrogen and oxygen atoms in total. The van der Waals surface area contributed by atoms with Crippen molar-refractivity contribution in [1.29, 1.82) is 0 Å². The molecule has 0 saturated heterocycles. The van der Waals surface area contributed by atoms with Gasteiger partial charge in [-0.1, -0.05) is 243 Å². The fraction of sp³-hybridized carbons (Fsp3) is 0.527. The number of hydrogen-bond donors (Lipinski definition) is 6. The van der Waals surface area contributed by atoms with Gasteiger partial charge in [0.1, 0.15) is 34.5 Å². The van der Waals surface area contributed by atoms with Crippen molar-refractivity contribution >= 4 is 21.5 Å². The summed E-state index contributed by atoms with van der Waals surface area (Å²) in [6, 6.07) is 61.4. The van der Waals surface area contributed by atoms with Crippen molar-refractivity contribution in [3.05, 3.63) is 206 Å². The second-order valence-electron chi connectivity index (χ2n) is 28.8. The Bertz CT molecular complexity index is 3030. The number of phenols is 6. The van der Waals surface area contributed by atoms with E-state index >= 15 is 0 Å². The summed E-state index contributed by atoms with van der Waals surface area (Å²) >= 11 is 0. The minimum absolute atomic E-state index is 0. The molecule has 8 aromatic carbocycles. The highest BCUT2D eigenvalue weighted by Gasteiger charge is 2.66. The lowest BCUT2D eigenvalue weighted by molar-refractivity contribution is 0.0716. The predicted molar refractivity (Wildman–Crippen MR) is 424 cm³/mol. The van der Waals surface area contributed by atoms with Crippen LogP contribution in [0.25, 0.3) is 21.5 Å². The van der Waals surface area contributed by atoms with Crippen LogP contribution in [0.2, 0.25) is 0 Å². The van der Waals surface area contributed by atoms with E-state index < -0.39 is 0 Å². The number of para-hydroxylation sites is 4. The van der Waals surface area contributed by atoms with Gasteiger partial charge < -0.3 is 30.6 Å². The molecule has 6 heteroatoms. The van der Waals surface area contributed by atoms with Crippen LogP contribution < -0.4 is 0 Å². The van der Waals surface area contributed by atoms with E-state index in [1.807, 2.05) is 166 Å². The van der Waals surface area contributed by atoms with E-state index in [-0.39, 0.29) is 7.43 Å². The standard InChI is InChI=1S/C16H24.2C11H18.2C10H8O.4C6H6O.5C2H6.CH4/c1-8-4-11-12(5-8)14-7-13(11)15-9-2-3-10(6-9)16(14)15;2*1-7-4-10-8-2-3-9(6-8)11(10)5-7;2*11-10-7-3-5-8-4-1-2-6-9(8)10;4*7-6-4-2-1-3-5-6;5*1-2;/h8-16H,2-7H2,1H3;2*7-11H,2-6H2,1H3;2*1-7,11H;4*1-5,7H;5*1-2H3;1H4. The molecule has 16 unspecified atom stereocenters. The van der Waals surface area contributed by atoms with Crippen LogP contribution in [0.15, 0.2) is 206 Å². The van der Waals surface area contributed by atoms with Gasteiger partial charge in [0.25, 0.3) is 0 Å². The fourth-order valence-corrected chi connectivity index (χ4v) is 20.3. The Morgan fingerprint density at radius 2 is 0.444 bits per heavy atom. The van der Waals surface area contributed by atoms with Crippen molar-refractivity contribution in [1.82, 2.24) is 0 Å². The van der Waals surface area contributed by atoms with Gasteiger partial charge in [-0.05, 0) is 287 Å². The maximum absolute atomic E-state index is 9.37. The minimum Gasteiger partial charge on any atom is -0.508 e. The first-order valence-electron chi connectivity index (χ1n) is 39.1. The molecule has 0 aliphatic heterocycles. The van der Waals surface area contributed by atoms with Crippen LogP contribution in [0.4, 0.5) is 0 Å². The molecule has 16 atom stereocenters. The molecule has 8 aromatic rings. The molecule has 0 aromatic heterocycles. The van der Waals surface area contributed by atoms with E-state index in [0.717, 1.165) is 39.3 Å². The first-order chi connectivity index (χ1) is 47.8. The van der Waals surface area contributed by atoms with Gasteiger partial charge in [0.05, 0.1) is 0 Å². The molecule has 6 N–H and O–H groups in total. The number of phenolic OH excluding ortho intramolecular Hbond substituents is 6. The smallest absolute Gasteiger partial charge is 0.123 e. The highest BCUT2D eigenvalue weighted by molar-refractivity contribution is 5.88. The average molecular weight is 1350 g/mol. The molecular weight excluding hydrogens is 1210 g/mol. The third kappa shape index (κ3) is 22.8. The number of hydrogen-bond acceptors (Lipinski definition) is 6. The Labute approximate surface area is 602 Å². The zero-order valence-corrected chi connectivity index (χ0v) is 62.6. The fourth-order valence-electron chi connectivity index (χ4n) is 20.3. The minimum atomic E-state index is 0. The van der Waals surface area contributed by atoms with Crippen LogP contribution in [0.5, 0.6) is 34.5 Å². The quantitative estimate of drug-likeness (QED) is 0.0842. The largest absolute Gasteiger partial charge is 0.508 e. The molecule has 11 aliphatic carbocycles. The number of aromatic hydroxyl groups is 6. The summed E-state index contributed by atoms with van der Waals surface area (Å²) in [4.78, 5) is 0. The second-order valence-corrected chi connectivity index (χ2v) is 28.8. The van der Waals surface area contributed by atoms with E-state index in [0.29, 0.717) is 34.5 Å². The Balaban J connectivity index is 0.000000200. The first-order valence-corrected chi connectivity index (χ1v) is 39.1. The number of fused-ring (bicyclic) bond motifs is 24. The molecule has 0 radical (unpaired) electrons. The van der Waals surface area contributed by atoms with E-state index in [1.165, 1.54) is 94.7 Å². The molecule has 0 spiro atoms. The summed E-state index contributed by atoms with van der Waals surface area (Å²) in [7, 11) is 0. The van der Waals surface area contributed by atoms with Crippen LogP contribution in [0.1, 0.15) is 200 Å². The summed E-state index contributed by atoms with van der Waals surface area (Å²) in [5, 5.41) is 57.2. The van der Waals surface area contributed by atoms with E-state index in [9.17, 15) is 10.2 Å². The van der Waals surface area contributed by atoms with Gasteiger partial charge in [-0.15, -0.1) is 0 Å². The van der Waals surface area contributed by atoms with Gasteiger partial charge in [0, 0.05) is 10.8 Å². The van der Waals surface area contributed by atoms with E-state index in [2.05, 4.69) is 20.8 Å². The van der Waals surface area contributed by atoms with Crippen LogP contribution in [-0.4, -0.2) is 30.6 Å². The zero-order valence-electron chi connectivity index (χ0n) is 62.6. The van der Waals surface area contributed by atoms with Crippen LogP contribution in [0, 0.1) is 112 Å². The summed E-state index contributed by atoms with van der Waals surface area (Å²) in [5.41, 5.74) is 0. The Morgan fingerprint density at radius 3 is 0.697 bits per heavy atom. The van der Waals surface area contributed by atoms with Crippen molar-refractivity contribution in [2.24, 2.45) is 112 Å². The van der Waals surface area contributed by atoms with E-state index in [4.69, 9.17) is 20.4 Å². The molecule has 0 heterocycles. The Morgan fingerprint density at radius 1 is 0.222 bits per heavy atom. The highest BCUT2D eigenvalue weighted by Crippen LogP contribution is 2.73. The highest BCUT2D eigenvalue weighted by atomic mass is 16.3. The van der Waals surface area contributed by atoms with Crippen molar-refractivity contribution in [2.75, 3.05) is 0 Å². The van der Waals surface area contributed by atoms with E-state index in [1.54, 1.807) is 212 Å². The molecule has 0 amide bonds. The molecule has 99 heavy (non-hydrogen) atoms. The summed E-state index contributed by atoms with van der Waals surface area (Å²) in [5.74, 6) is 24.3. The lowest BCUT2D eigenvalue weighted by Crippen LogP contribution is -2.35. The topological polar surface area (TPSA) is 121 Å². The van der Waals surface area contributed by atoms with Gasteiger partial charge in [-0.3, -0.25) is 0 Å². The first kappa shape index (κ1) is 82.7. The summed E-state index contributed by atoms with van der Waals surface area (Å²) in [6.07, 6.45) is 25.6. The lowest BCUT2D eigenvalue weighted by atomic mass is 9.64. The van der Waals surface area contributed by atoms with Crippen molar-refractivity contribution in [3.63, 3.8) is 0 Å². The second kappa shape index (κ2) is 43.7. The normalized spacial score (nSPS) is 29.7. The predicted octanol–water partition coefficient (Wildman–Crippen LogP) is 26.5. The maximum atomic E-state index is 9.37. The van der Waals surface area contributed by atoms with Gasteiger partial charge in [0.15, 0.2) is 0 Å². The third-order valence-electron chi connectivity index (χ3n) is 23.4. The molecular formula is C93H134O6. The van der Waals surface area contributed by atoms with Crippen LogP contribution in [-0.2, 0) is 0 Å². The molecule has 11 aliphatic rings. The molecule has 19 rings (SSSR count). The van der Waals surface area contributed by atoms with Gasteiger partial charge in [0.2, 0.25) is 0 Å². The monoisotopic (exact) mass is 1350 g/mol. The van der Waals surface area contributed by atoms with Crippen molar-refractivity contribution in [2.45, 2.75) is 200 Å². The van der Waals surface area contributed by atoms with Gasteiger partial charge in [-0.25, -0.2) is 0 Å². The zero-order chi connectivity index (χ0) is 71.1. The van der Waals surface area contributed by atoms with Gasteiger partial charge >= 0.3 is 0 Å². The maximum Gasteiger partial charge on any atom is 0.123 e. The van der Waals surface area contributed by atoms with Crippen LogP contribution >= 0.6 is 0 Å². The molecule has 8 bridgehead atoms. The van der Waals surface area contributed by atoms with Crippen LogP contribution in [0.3, 0.4) is 0 Å². The van der Waals surface area contributed by atoms with Crippen molar-refractivity contribution in [3.8, 4) is 34.5 Å². The SMILES string of the molecule is C.CC.CC.CC.CC.CC.CC1CC2C(C1)C1CC2C2C3CCC(C3)C12.CC1CC2C3CCC(C3)C2C1.CC1CC2C3CCC(C3)C2C1.Oc1cccc2ccccc12.Oc1cccc2ccccc12.Oc1ccccc1.Oc1ccccc1.Oc1ccccc1.Oc1ccccc1. The van der Waals surface area contributed by atoms with Crippen molar-refractivity contribution < 1.29 is 30.6 Å². The molecule has 542 valence electrons. The number of benzene rings is 8. The Kier molecular flexibility index (Phi) is 36.5. The molecule has 11 fully saturated rings. The molecule has 11 saturated carbocycles. The average Bonchev–Trinajstić information content (AvgIpc) is 1.53.